The van der Waals surface area contributed by atoms with Crippen LogP contribution in [0.3, 0.4) is 0 Å². The topological polar surface area (TPSA) is 231 Å². The van der Waals surface area contributed by atoms with Gasteiger partial charge in [-0.2, -0.15) is 0 Å². The first kappa shape index (κ1) is 60.8. The first-order chi connectivity index (χ1) is 32.5. The smallest absolute Gasteiger partial charge is 0.306 e. The minimum atomic E-state index is -1.77. The van der Waals surface area contributed by atoms with Gasteiger partial charge in [0.1, 0.15) is 55.4 Å². The summed E-state index contributed by atoms with van der Waals surface area (Å²) in [7, 11) is 0. The lowest BCUT2D eigenvalue weighted by Gasteiger charge is -2.42. The van der Waals surface area contributed by atoms with Crippen molar-refractivity contribution in [1.29, 1.82) is 0 Å². The second kappa shape index (κ2) is 39.4. The molecule has 4 unspecified atom stereocenters. The first-order valence-corrected chi connectivity index (χ1v) is 26.1. The Kier molecular flexibility index (Phi) is 35.8. The molecular formula is C52H92O15. The molecule has 15 heteroatoms. The van der Waals surface area contributed by atoms with Gasteiger partial charge < -0.3 is 64.2 Å². The van der Waals surface area contributed by atoms with Crippen molar-refractivity contribution in [3.8, 4) is 0 Å². The fraction of sp³-hybridized carbons (Fsp3) is 0.846. The molecule has 0 aromatic heterocycles. The number of unbranched alkanes of at least 4 members (excludes halogenated alkanes) is 20. The largest absolute Gasteiger partial charge is 0.462 e. The molecule has 2 aliphatic heterocycles. The van der Waals surface area contributed by atoms with Crippen LogP contribution in [-0.2, 0) is 38.0 Å². The Morgan fingerprint density at radius 3 is 1.43 bits per heavy atom. The summed E-state index contributed by atoms with van der Waals surface area (Å²) in [6.07, 6.45) is 24.5. The van der Waals surface area contributed by atoms with Crippen molar-refractivity contribution in [2.24, 2.45) is 0 Å². The predicted octanol–water partition coefficient (Wildman–Crippen LogP) is 7.32. The lowest BCUT2D eigenvalue weighted by atomic mass is 9.98. The second-order valence-corrected chi connectivity index (χ2v) is 18.4. The van der Waals surface area contributed by atoms with Crippen LogP contribution in [0.5, 0.6) is 0 Å². The quantitative estimate of drug-likeness (QED) is 0.0181. The molecule has 7 N–H and O–H groups in total. The molecule has 11 atom stereocenters. The maximum absolute atomic E-state index is 13.0. The average Bonchev–Trinajstić information content (AvgIpc) is 3.32. The van der Waals surface area contributed by atoms with E-state index in [9.17, 15) is 45.3 Å². The number of aliphatic hydroxyl groups is 7. The van der Waals surface area contributed by atoms with Crippen molar-refractivity contribution in [1.82, 2.24) is 0 Å². The third-order valence-corrected chi connectivity index (χ3v) is 12.4. The van der Waals surface area contributed by atoms with Crippen molar-refractivity contribution in [3.05, 3.63) is 36.5 Å². The number of hydrogen-bond acceptors (Lipinski definition) is 15. The number of carbonyl (C=O) groups is 2. The molecule has 2 heterocycles. The highest BCUT2D eigenvalue weighted by atomic mass is 16.7. The van der Waals surface area contributed by atoms with Crippen LogP contribution in [-0.4, -0.2) is 142 Å². The Morgan fingerprint density at radius 2 is 0.896 bits per heavy atom. The van der Waals surface area contributed by atoms with E-state index >= 15 is 0 Å². The van der Waals surface area contributed by atoms with Crippen LogP contribution < -0.4 is 0 Å². The highest BCUT2D eigenvalue weighted by molar-refractivity contribution is 5.70. The molecule has 2 fully saturated rings. The molecule has 2 saturated heterocycles. The summed E-state index contributed by atoms with van der Waals surface area (Å²) in [6, 6.07) is 0. The summed E-state index contributed by atoms with van der Waals surface area (Å²) in [5.74, 6) is -0.946. The van der Waals surface area contributed by atoms with Crippen LogP contribution in [0.2, 0.25) is 0 Å². The third kappa shape index (κ3) is 27.6. The number of carbonyl (C=O) groups excluding carboxylic acids is 2. The number of aliphatic hydroxyl groups excluding tert-OH is 7. The van der Waals surface area contributed by atoms with Crippen LogP contribution in [0.25, 0.3) is 0 Å². The van der Waals surface area contributed by atoms with E-state index < -0.39 is 92.7 Å². The maximum Gasteiger partial charge on any atom is 0.306 e. The Morgan fingerprint density at radius 1 is 0.478 bits per heavy atom. The number of hydrogen-bond donors (Lipinski definition) is 7. The Bertz CT molecular complexity index is 1310. The molecule has 15 nitrogen and oxygen atoms in total. The summed E-state index contributed by atoms with van der Waals surface area (Å²) >= 11 is 0. The van der Waals surface area contributed by atoms with Crippen LogP contribution >= 0.6 is 0 Å². The molecule has 2 aliphatic rings. The zero-order valence-corrected chi connectivity index (χ0v) is 41.1. The molecule has 0 amide bonds. The Labute approximate surface area is 402 Å². The summed E-state index contributed by atoms with van der Waals surface area (Å²) in [4.78, 5) is 25.8. The Balaban J connectivity index is 1.81. The van der Waals surface area contributed by atoms with Gasteiger partial charge in [0.2, 0.25) is 0 Å². The maximum atomic E-state index is 13.0. The van der Waals surface area contributed by atoms with E-state index in [1.165, 1.54) is 83.5 Å². The molecule has 0 saturated carbocycles. The van der Waals surface area contributed by atoms with Gasteiger partial charge in [-0.15, -0.1) is 0 Å². The molecule has 0 aromatic carbocycles. The van der Waals surface area contributed by atoms with E-state index in [4.69, 9.17) is 28.4 Å². The molecule has 390 valence electrons. The number of esters is 2. The van der Waals surface area contributed by atoms with Gasteiger partial charge in [0.25, 0.3) is 0 Å². The zero-order valence-electron chi connectivity index (χ0n) is 41.1. The SMILES string of the molecule is CCCCC/C=C/C/C=C/C/C=C/CCCCCCC(=O)OC[C@@H](CO[C@@H]1O[C@H](CO[C@@H]2O[C@H](CO)[C@H](O)C(O)C2O)[C@H](O)C(O)C1O)OC(=O)CCCCCCCCCCCCCCCC. The highest BCUT2D eigenvalue weighted by Gasteiger charge is 2.47. The fourth-order valence-electron chi connectivity index (χ4n) is 8.05. The van der Waals surface area contributed by atoms with Gasteiger partial charge in [0, 0.05) is 12.8 Å². The van der Waals surface area contributed by atoms with E-state index in [-0.39, 0.29) is 26.1 Å². The number of ether oxygens (including phenoxy) is 6. The van der Waals surface area contributed by atoms with Gasteiger partial charge in [0.05, 0.1) is 19.8 Å². The van der Waals surface area contributed by atoms with Gasteiger partial charge in [-0.3, -0.25) is 9.59 Å². The van der Waals surface area contributed by atoms with E-state index in [0.717, 1.165) is 64.2 Å². The Hall–Kier alpha value is -2.28. The average molecular weight is 957 g/mol. The van der Waals surface area contributed by atoms with Crippen molar-refractivity contribution in [2.75, 3.05) is 26.4 Å². The van der Waals surface area contributed by atoms with Gasteiger partial charge in [-0.05, 0) is 51.4 Å². The van der Waals surface area contributed by atoms with Gasteiger partial charge in [0.15, 0.2) is 18.7 Å². The predicted molar refractivity (Wildman–Crippen MR) is 257 cm³/mol. The molecular weight excluding hydrogens is 865 g/mol. The summed E-state index contributed by atoms with van der Waals surface area (Å²) in [5.41, 5.74) is 0. The molecule has 0 radical (unpaired) electrons. The molecule has 2 rings (SSSR count). The van der Waals surface area contributed by atoms with Gasteiger partial charge in [-0.25, -0.2) is 0 Å². The van der Waals surface area contributed by atoms with Crippen molar-refractivity contribution in [2.45, 2.75) is 255 Å². The van der Waals surface area contributed by atoms with Crippen molar-refractivity contribution >= 4 is 11.9 Å². The standard InChI is InChI=1S/C52H92O15/c1-3-5-7-9-11-13-15-17-19-20-21-23-24-26-28-30-32-34-43(54)62-37-40(65-44(55)35-33-31-29-27-25-22-18-16-14-12-10-8-6-4-2)38-63-51-50(61)48(59)46(57)42(67-51)39-64-52-49(60)47(58)45(56)41(36-53)66-52/h11,13,17,19,21,23,40-42,45-53,56-61H,3-10,12,14-16,18,20,22,24-39H2,1-2H3/b13-11+,19-17+,23-21+/t40-,41+,42+,45-,46-,47?,48?,49?,50?,51+,52+/m0/s1. The van der Waals surface area contributed by atoms with Gasteiger partial charge in [-0.1, -0.05) is 159 Å². The van der Waals surface area contributed by atoms with E-state index in [0.29, 0.717) is 12.8 Å². The van der Waals surface area contributed by atoms with E-state index in [2.05, 4.69) is 50.3 Å². The van der Waals surface area contributed by atoms with E-state index in [1.807, 2.05) is 0 Å². The number of allylic oxidation sites excluding steroid dienone is 6. The minimum Gasteiger partial charge on any atom is -0.462 e. The minimum absolute atomic E-state index is 0.163. The zero-order chi connectivity index (χ0) is 48.9. The lowest BCUT2D eigenvalue weighted by molar-refractivity contribution is -0.332. The second-order valence-electron chi connectivity index (χ2n) is 18.4. The van der Waals surface area contributed by atoms with E-state index in [1.54, 1.807) is 0 Å². The van der Waals surface area contributed by atoms with Crippen LogP contribution in [0.15, 0.2) is 36.5 Å². The van der Waals surface area contributed by atoms with Crippen LogP contribution in [0.4, 0.5) is 0 Å². The summed E-state index contributed by atoms with van der Waals surface area (Å²) in [6.45, 7) is 2.54. The normalized spacial score (nSPS) is 26.2. The molecule has 0 bridgehead atoms. The molecule has 0 spiro atoms. The van der Waals surface area contributed by atoms with Crippen LogP contribution in [0.1, 0.15) is 187 Å². The van der Waals surface area contributed by atoms with Gasteiger partial charge >= 0.3 is 11.9 Å². The summed E-state index contributed by atoms with van der Waals surface area (Å²) < 4.78 is 33.6. The summed E-state index contributed by atoms with van der Waals surface area (Å²) in [5, 5.41) is 72.1. The lowest BCUT2D eigenvalue weighted by Crippen LogP contribution is -2.61. The number of rotatable bonds is 40. The van der Waals surface area contributed by atoms with Crippen molar-refractivity contribution < 1.29 is 73.8 Å². The highest BCUT2D eigenvalue weighted by Crippen LogP contribution is 2.26. The van der Waals surface area contributed by atoms with Crippen molar-refractivity contribution in [3.63, 3.8) is 0 Å². The monoisotopic (exact) mass is 957 g/mol. The molecule has 0 aliphatic carbocycles. The molecule has 0 aromatic rings. The molecule has 67 heavy (non-hydrogen) atoms. The first-order valence-electron chi connectivity index (χ1n) is 26.1. The van der Waals surface area contributed by atoms with Crippen LogP contribution in [0, 0.1) is 0 Å². The third-order valence-electron chi connectivity index (χ3n) is 12.4. The fourth-order valence-corrected chi connectivity index (χ4v) is 8.05.